The van der Waals surface area contributed by atoms with Gasteiger partial charge in [0.2, 0.25) is 0 Å². The van der Waals surface area contributed by atoms with Crippen LogP contribution in [0.2, 0.25) is 0 Å². The Hall–Kier alpha value is -3.50. The lowest BCUT2D eigenvalue weighted by molar-refractivity contribution is 0.172. The second-order valence-corrected chi connectivity index (χ2v) is 8.94. The summed E-state index contributed by atoms with van der Waals surface area (Å²) in [7, 11) is 0. The highest BCUT2D eigenvalue weighted by atomic mass is 35.5. The van der Waals surface area contributed by atoms with Gasteiger partial charge in [0, 0.05) is 37.0 Å². The Morgan fingerprint density at radius 2 is 1.85 bits per heavy atom. The first-order chi connectivity index (χ1) is 16.1. The maximum atomic E-state index is 13.4. The van der Waals surface area contributed by atoms with Gasteiger partial charge in [-0.2, -0.15) is 10.2 Å². The zero-order chi connectivity index (χ0) is 22.5. The number of nitrogens with zero attached hydrogens (tertiary/aromatic N) is 7. The van der Waals surface area contributed by atoms with Crippen LogP contribution in [0.1, 0.15) is 13.8 Å². The molecule has 10 nitrogen and oxygen atoms in total. The van der Waals surface area contributed by atoms with Gasteiger partial charge in [0.1, 0.15) is 12.1 Å². The van der Waals surface area contributed by atoms with E-state index in [-0.39, 0.29) is 30.5 Å². The molecular weight excluding hydrogens is 454 g/mol. The van der Waals surface area contributed by atoms with Gasteiger partial charge in [0.05, 0.1) is 18.3 Å². The van der Waals surface area contributed by atoms with Crippen LogP contribution in [-0.4, -0.2) is 72.4 Å². The van der Waals surface area contributed by atoms with Gasteiger partial charge in [0.15, 0.2) is 11.5 Å². The second-order valence-electron chi connectivity index (χ2n) is 8.94. The smallest absolute Gasteiger partial charge is 0.317 e. The van der Waals surface area contributed by atoms with Crippen LogP contribution in [0.15, 0.2) is 49.1 Å². The number of anilines is 1. The molecule has 2 aliphatic rings. The van der Waals surface area contributed by atoms with Gasteiger partial charge in [-0.05, 0) is 17.5 Å². The van der Waals surface area contributed by atoms with E-state index < -0.39 is 0 Å². The summed E-state index contributed by atoms with van der Waals surface area (Å²) in [6.45, 7) is 6.75. The van der Waals surface area contributed by atoms with Crippen LogP contribution in [-0.2, 0) is 0 Å². The average molecular weight is 480 g/mol. The summed E-state index contributed by atoms with van der Waals surface area (Å²) in [5, 5.41) is 14.6. The van der Waals surface area contributed by atoms with Crippen molar-refractivity contribution in [3.63, 3.8) is 0 Å². The number of fused-ring (bicyclic) bond motifs is 1. The second kappa shape index (κ2) is 8.69. The molecule has 5 heterocycles. The molecule has 1 unspecified atom stereocenters. The van der Waals surface area contributed by atoms with Crippen LogP contribution in [0.4, 0.5) is 10.6 Å². The molecular formula is C23H26ClN9O. The van der Waals surface area contributed by atoms with Crippen LogP contribution in [0.25, 0.3) is 28.2 Å². The topological polar surface area (TPSA) is 107 Å². The van der Waals surface area contributed by atoms with Crippen molar-refractivity contribution in [3.05, 3.63) is 49.1 Å². The van der Waals surface area contributed by atoms with Crippen molar-refractivity contribution in [1.82, 2.24) is 40.0 Å². The number of H-pyrrole nitrogens is 1. The number of nitrogens with one attached hydrogen (secondary N) is 2. The van der Waals surface area contributed by atoms with Gasteiger partial charge in [-0.15, -0.1) is 12.4 Å². The quantitative estimate of drug-likeness (QED) is 0.455. The Kier molecular flexibility index (Phi) is 5.70. The monoisotopic (exact) mass is 479 g/mol. The van der Waals surface area contributed by atoms with E-state index in [2.05, 4.69) is 39.4 Å². The maximum absolute atomic E-state index is 13.4. The molecule has 0 bridgehead atoms. The summed E-state index contributed by atoms with van der Waals surface area (Å²) in [6.07, 6.45) is 5.25. The lowest BCUT2D eigenvalue weighted by Gasteiger charge is -2.35. The average Bonchev–Trinajstić information content (AvgIpc) is 3.52. The third kappa shape index (κ3) is 3.59. The molecule has 11 heteroatoms. The first-order valence-electron chi connectivity index (χ1n) is 11.2. The number of aromatic amines is 1. The number of carbonyl (C=O) groups is 1. The highest BCUT2D eigenvalue weighted by Gasteiger charge is 2.44. The minimum Gasteiger partial charge on any atom is -0.317 e. The molecule has 0 aliphatic carbocycles. The number of carbonyl (C=O) groups excluding carboxylic acids is 1. The number of halogens is 1. The molecule has 176 valence electrons. The molecule has 0 saturated carbocycles. The highest BCUT2D eigenvalue weighted by molar-refractivity contribution is 5.95. The van der Waals surface area contributed by atoms with Crippen molar-refractivity contribution in [2.45, 2.75) is 25.9 Å². The van der Waals surface area contributed by atoms with Crippen LogP contribution in [0, 0.1) is 5.92 Å². The van der Waals surface area contributed by atoms with Crippen LogP contribution in [0.5, 0.6) is 0 Å². The van der Waals surface area contributed by atoms with E-state index in [9.17, 15) is 4.79 Å². The van der Waals surface area contributed by atoms with Gasteiger partial charge >= 0.3 is 6.03 Å². The molecule has 2 fully saturated rings. The predicted octanol–water partition coefficient (Wildman–Crippen LogP) is 2.84. The van der Waals surface area contributed by atoms with Gasteiger partial charge in [-0.25, -0.2) is 19.3 Å². The lowest BCUT2D eigenvalue weighted by Crippen LogP contribution is -2.58. The van der Waals surface area contributed by atoms with Crippen molar-refractivity contribution in [2.75, 3.05) is 24.5 Å². The van der Waals surface area contributed by atoms with Gasteiger partial charge in [-0.1, -0.05) is 38.1 Å². The summed E-state index contributed by atoms with van der Waals surface area (Å²) in [5.41, 5.74) is 3.55. The maximum Gasteiger partial charge on any atom is 0.326 e. The van der Waals surface area contributed by atoms with Gasteiger partial charge in [0.25, 0.3) is 0 Å². The Morgan fingerprint density at radius 1 is 1.09 bits per heavy atom. The van der Waals surface area contributed by atoms with Gasteiger partial charge in [-0.3, -0.25) is 10.00 Å². The normalized spacial score (nSPS) is 18.6. The fourth-order valence-corrected chi connectivity index (χ4v) is 4.56. The third-order valence-corrected chi connectivity index (χ3v) is 6.61. The van der Waals surface area contributed by atoms with Crippen molar-refractivity contribution in [2.24, 2.45) is 5.92 Å². The zero-order valence-corrected chi connectivity index (χ0v) is 19.7. The number of hydrogen-bond donors (Lipinski definition) is 2. The Bertz CT molecular complexity index is 1300. The SMILES string of the molecule is CC(C)C1CN(C2CNC2)C(=O)N1c1ccn2ncc(-c3ccc(-c4nc[nH]n4)cc3)c2n1.Cl. The zero-order valence-electron chi connectivity index (χ0n) is 18.9. The first-order valence-corrected chi connectivity index (χ1v) is 11.2. The van der Waals surface area contributed by atoms with Crippen molar-refractivity contribution >= 4 is 29.9 Å². The van der Waals surface area contributed by atoms with Crippen molar-refractivity contribution in [3.8, 4) is 22.5 Å². The third-order valence-electron chi connectivity index (χ3n) is 6.61. The molecule has 6 rings (SSSR count). The largest absolute Gasteiger partial charge is 0.326 e. The van der Waals surface area contributed by atoms with E-state index in [1.165, 1.54) is 0 Å². The summed E-state index contributed by atoms with van der Waals surface area (Å²) in [6, 6.07) is 10.3. The Morgan fingerprint density at radius 3 is 2.50 bits per heavy atom. The number of amides is 2. The number of hydrogen-bond acceptors (Lipinski definition) is 6. The van der Waals surface area contributed by atoms with Crippen LogP contribution in [0.3, 0.4) is 0 Å². The molecule has 1 aromatic carbocycles. The number of benzene rings is 1. The van der Waals surface area contributed by atoms with E-state index in [0.717, 1.165) is 42.0 Å². The first kappa shape index (κ1) is 22.3. The summed E-state index contributed by atoms with van der Waals surface area (Å²) in [5.74, 6) is 1.64. The van der Waals surface area contributed by atoms with E-state index in [1.807, 2.05) is 52.5 Å². The van der Waals surface area contributed by atoms with E-state index in [1.54, 1.807) is 10.8 Å². The minimum absolute atomic E-state index is 0. The van der Waals surface area contributed by atoms with Crippen molar-refractivity contribution in [1.29, 1.82) is 0 Å². The molecule has 2 N–H and O–H groups in total. The van der Waals surface area contributed by atoms with Crippen LogP contribution < -0.4 is 10.2 Å². The Balaban J connectivity index is 0.00000241. The van der Waals surface area contributed by atoms with E-state index in [4.69, 9.17) is 4.98 Å². The number of urea groups is 1. The predicted molar refractivity (Wildman–Crippen MR) is 131 cm³/mol. The fraction of sp³-hybridized carbons (Fsp3) is 0.348. The molecule has 2 amide bonds. The molecule has 0 spiro atoms. The lowest BCUT2D eigenvalue weighted by atomic mass is 10.0. The number of aromatic nitrogens is 6. The van der Waals surface area contributed by atoms with Gasteiger partial charge < -0.3 is 10.2 Å². The fourth-order valence-electron chi connectivity index (χ4n) is 4.56. The molecule has 2 saturated heterocycles. The van der Waals surface area contributed by atoms with E-state index in [0.29, 0.717) is 17.6 Å². The standard InChI is InChI=1S/C23H25N9O.ClH/c1-14(2)19-12-30(17-9-24-10-17)23(33)32(19)20-7-8-31-22(28-20)18(11-27-31)15-3-5-16(6-4-15)21-25-13-26-29-21;/h3-8,11,13-14,17,19,24H,9-10,12H2,1-2H3,(H,25,26,29);1H. The molecule has 2 aliphatic heterocycles. The minimum atomic E-state index is 0. The summed E-state index contributed by atoms with van der Waals surface area (Å²) >= 11 is 0. The molecule has 34 heavy (non-hydrogen) atoms. The van der Waals surface area contributed by atoms with Crippen LogP contribution >= 0.6 is 12.4 Å². The van der Waals surface area contributed by atoms with Crippen molar-refractivity contribution < 1.29 is 4.79 Å². The molecule has 3 aromatic heterocycles. The van der Waals surface area contributed by atoms with E-state index >= 15 is 0 Å². The molecule has 4 aromatic rings. The summed E-state index contributed by atoms with van der Waals surface area (Å²) in [4.78, 5) is 26.4. The molecule has 1 atom stereocenters. The highest BCUT2D eigenvalue weighted by Crippen LogP contribution is 2.32. The summed E-state index contributed by atoms with van der Waals surface area (Å²) < 4.78 is 1.75. The Labute approximate surface area is 202 Å². The molecule has 0 radical (unpaired) electrons. The number of rotatable bonds is 5.